The summed E-state index contributed by atoms with van der Waals surface area (Å²) in [5, 5.41) is 1.33. The second-order valence-electron chi connectivity index (χ2n) is 7.90. The third kappa shape index (κ3) is 2.58. The number of fused-ring (bicyclic) bond motifs is 1. The van der Waals surface area contributed by atoms with Crippen LogP contribution in [-0.2, 0) is 17.4 Å². The van der Waals surface area contributed by atoms with Crippen molar-refractivity contribution in [2.45, 2.75) is 52.0 Å². The number of nitrogens with one attached hydrogen (secondary N) is 1. The van der Waals surface area contributed by atoms with Gasteiger partial charge < -0.3 is 9.55 Å². The number of benzene rings is 1. The first-order valence-electron chi connectivity index (χ1n) is 8.01. The van der Waals surface area contributed by atoms with Crippen molar-refractivity contribution in [3.8, 4) is 0 Å². The van der Waals surface area contributed by atoms with Gasteiger partial charge in [0.2, 0.25) is 0 Å². The van der Waals surface area contributed by atoms with Crippen molar-refractivity contribution < 1.29 is 0 Å². The summed E-state index contributed by atoms with van der Waals surface area (Å²) in [4.78, 5) is 3.41. The lowest BCUT2D eigenvalue weighted by Gasteiger charge is -2.29. The summed E-state index contributed by atoms with van der Waals surface area (Å²) < 4.78 is 2.40. The molecule has 3 rings (SSSR count). The van der Waals surface area contributed by atoms with Gasteiger partial charge in [0.25, 0.3) is 0 Å². The Morgan fingerprint density at radius 1 is 0.955 bits per heavy atom. The van der Waals surface area contributed by atoms with Gasteiger partial charge in [0.1, 0.15) is 0 Å². The molecule has 2 heteroatoms. The topological polar surface area (TPSA) is 20.7 Å². The Kier molecular flexibility index (Phi) is 3.43. The summed E-state index contributed by atoms with van der Waals surface area (Å²) in [5.41, 5.74) is 4.23. The van der Waals surface area contributed by atoms with Gasteiger partial charge in [-0.15, -0.1) is 0 Å². The Morgan fingerprint density at radius 3 is 2.41 bits per heavy atom. The quantitative estimate of drug-likeness (QED) is 0.681. The monoisotopic (exact) mass is 294 g/mol. The number of aromatic nitrogens is 2. The number of aromatic amines is 1. The number of rotatable bonds is 3. The second kappa shape index (κ2) is 5.05. The number of para-hydroxylation sites is 1. The molecule has 3 aromatic rings. The minimum atomic E-state index is 0.0681. The van der Waals surface area contributed by atoms with E-state index in [1.54, 1.807) is 0 Å². The van der Waals surface area contributed by atoms with Crippen LogP contribution in [0, 0.1) is 0 Å². The summed E-state index contributed by atoms with van der Waals surface area (Å²) in [6.45, 7) is 12.5. The lowest BCUT2D eigenvalue weighted by atomic mass is 9.83. The van der Waals surface area contributed by atoms with E-state index in [0.29, 0.717) is 0 Å². The fourth-order valence-corrected chi connectivity index (χ4v) is 3.38. The Hall–Kier alpha value is -1.96. The number of nitrogens with zero attached hydrogens (tertiary/aromatic N) is 1. The average molecular weight is 294 g/mol. The predicted molar refractivity (Wildman–Crippen MR) is 94.5 cm³/mol. The van der Waals surface area contributed by atoms with Crippen LogP contribution in [0.5, 0.6) is 0 Å². The van der Waals surface area contributed by atoms with Gasteiger partial charge in [0.15, 0.2) is 0 Å². The fraction of sp³-hybridized carbons (Fsp3) is 0.400. The molecule has 0 radical (unpaired) electrons. The molecule has 1 aromatic carbocycles. The lowest BCUT2D eigenvalue weighted by molar-refractivity contribution is 0.409. The first kappa shape index (κ1) is 15.0. The molecule has 0 spiro atoms. The van der Waals surface area contributed by atoms with E-state index >= 15 is 0 Å². The zero-order valence-electron chi connectivity index (χ0n) is 14.3. The van der Waals surface area contributed by atoms with Gasteiger partial charge in [-0.25, -0.2) is 0 Å². The SMILES string of the molecule is CC(C)(C)c1cccn1CC(C)(C)c1c[nH]c2ccccc12. The lowest BCUT2D eigenvalue weighted by Crippen LogP contribution is -2.27. The Labute approximate surface area is 133 Å². The number of hydrogen-bond donors (Lipinski definition) is 1. The molecule has 2 nitrogen and oxygen atoms in total. The normalized spacial score (nSPS) is 13.0. The largest absolute Gasteiger partial charge is 0.361 e. The van der Waals surface area contributed by atoms with E-state index in [1.807, 2.05) is 0 Å². The maximum absolute atomic E-state index is 3.41. The third-order valence-corrected chi connectivity index (χ3v) is 4.48. The average Bonchev–Trinajstić information content (AvgIpc) is 3.03. The number of H-pyrrole nitrogens is 1. The second-order valence-corrected chi connectivity index (χ2v) is 7.90. The van der Waals surface area contributed by atoms with Crippen molar-refractivity contribution in [3.05, 3.63) is 60.0 Å². The van der Waals surface area contributed by atoms with Gasteiger partial charge in [0.05, 0.1) is 0 Å². The molecule has 0 aliphatic rings. The summed E-state index contributed by atoms with van der Waals surface area (Å²) in [5.74, 6) is 0. The van der Waals surface area contributed by atoms with Crippen molar-refractivity contribution in [2.24, 2.45) is 0 Å². The van der Waals surface area contributed by atoms with Crippen LogP contribution < -0.4 is 0 Å². The van der Waals surface area contributed by atoms with Crippen molar-refractivity contribution >= 4 is 10.9 Å². The zero-order chi connectivity index (χ0) is 16.0. The smallest absolute Gasteiger partial charge is 0.0457 e. The molecule has 0 fully saturated rings. The van der Waals surface area contributed by atoms with Gasteiger partial charge in [-0.1, -0.05) is 52.8 Å². The molecule has 0 saturated carbocycles. The van der Waals surface area contributed by atoms with Gasteiger partial charge in [-0.2, -0.15) is 0 Å². The summed E-state index contributed by atoms with van der Waals surface area (Å²) >= 11 is 0. The molecule has 0 bridgehead atoms. The molecule has 0 atom stereocenters. The molecule has 0 amide bonds. The third-order valence-electron chi connectivity index (χ3n) is 4.48. The molecule has 22 heavy (non-hydrogen) atoms. The molecule has 0 saturated heterocycles. The van der Waals surface area contributed by atoms with E-state index in [-0.39, 0.29) is 10.8 Å². The van der Waals surface area contributed by atoms with Crippen molar-refractivity contribution in [1.82, 2.24) is 9.55 Å². The minimum absolute atomic E-state index is 0.0681. The molecule has 2 aromatic heterocycles. The highest BCUT2D eigenvalue weighted by molar-refractivity contribution is 5.84. The summed E-state index contributed by atoms with van der Waals surface area (Å²) in [6, 6.07) is 13.0. The van der Waals surface area contributed by atoms with Gasteiger partial charge in [-0.3, -0.25) is 0 Å². The first-order valence-corrected chi connectivity index (χ1v) is 8.01. The van der Waals surface area contributed by atoms with E-state index in [9.17, 15) is 0 Å². The predicted octanol–water partition coefficient (Wildman–Crippen LogP) is 5.24. The molecule has 0 aliphatic carbocycles. The number of hydrogen-bond acceptors (Lipinski definition) is 0. The Balaban J connectivity index is 1.99. The van der Waals surface area contributed by atoms with Gasteiger partial charge >= 0.3 is 0 Å². The minimum Gasteiger partial charge on any atom is -0.361 e. The molecule has 0 aliphatic heterocycles. The Morgan fingerprint density at radius 2 is 1.68 bits per heavy atom. The van der Waals surface area contributed by atoms with E-state index in [1.165, 1.54) is 22.2 Å². The van der Waals surface area contributed by atoms with Crippen LogP contribution in [0.25, 0.3) is 10.9 Å². The highest BCUT2D eigenvalue weighted by Gasteiger charge is 2.27. The molecule has 2 heterocycles. The van der Waals surface area contributed by atoms with Crippen LogP contribution in [0.4, 0.5) is 0 Å². The Bertz CT molecular complexity index is 781. The highest BCUT2D eigenvalue weighted by Crippen LogP contribution is 2.33. The van der Waals surface area contributed by atoms with Crippen molar-refractivity contribution in [2.75, 3.05) is 0 Å². The van der Waals surface area contributed by atoms with Crippen molar-refractivity contribution in [3.63, 3.8) is 0 Å². The van der Waals surface area contributed by atoms with E-state index in [0.717, 1.165) is 6.54 Å². The first-order chi connectivity index (χ1) is 10.3. The van der Waals surface area contributed by atoms with E-state index in [4.69, 9.17) is 0 Å². The summed E-state index contributed by atoms with van der Waals surface area (Å²) in [7, 11) is 0. The standard InChI is InChI=1S/C20H26N2/c1-19(2,3)18-11-8-12-22(18)14-20(4,5)16-13-21-17-10-7-6-9-15(16)17/h6-13,21H,14H2,1-5H3. The maximum Gasteiger partial charge on any atom is 0.0457 e. The fourth-order valence-electron chi connectivity index (χ4n) is 3.38. The molecule has 1 N–H and O–H groups in total. The molecule has 116 valence electrons. The van der Waals surface area contributed by atoms with Gasteiger partial charge in [0, 0.05) is 46.4 Å². The van der Waals surface area contributed by atoms with Crippen molar-refractivity contribution in [1.29, 1.82) is 0 Å². The zero-order valence-corrected chi connectivity index (χ0v) is 14.3. The molecular formula is C20H26N2. The molecular weight excluding hydrogens is 268 g/mol. The van der Waals surface area contributed by atoms with E-state index < -0.39 is 0 Å². The van der Waals surface area contributed by atoms with Gasteiger partial charge in [-0.05, 0) is 23.8 Å². The summed E-state index contributed by atoms with van der Waals surface area (Å²) in [6.07, 6.45) is 4.38. The maximum atomic E-state index is 3.41. The van der Waals surface area contributed by atoms with Crippen LogP contribution in [0.3, 0.4) is 0 Å². The van der Waals surface area contributed by atoms with Crippen LogP contribution in [0.15, 0.2) is 48.8 Å². The van der Waals surface area contributed by atoms with Crippen LogP contribution in [0.1, 0.15) is 45.9 Å². The highest BCUT2D eigenvalue weighted by atomic mass is 15.0. The van der Waals surface area contributed by atoms with Crippen LogP contribution in [0.2, 0.25) is 0 Å². The molecule has 0 unspecified atom stereocenters. The van der Waals surface area contributed by atoms with Crippen LogP contribution in [-0.4, -0.2) is 9.55 Å². The van der Waals surface area contributed by atoms with E-state index in [2.05, 4.69) is 93.0 Å². The van der Waals surface area contributed by atoms with Crippen LogP contribution >= 0.6 is 0 Å².